The first-order valence-corrected chi connectivity index (χ1v) is 6.54. The number of benzene rings is 1. The molecule has 100 valence electrons. The molecule has 0 aliphatic carbocycles. The number of pyridine rings is 1. The van der Waals surface area contributed by atoms with Crippen molar-refractivity contribution in [3.8, 4) is 0 Å². The van der Waals surface area contributed by atoms with Crippen LogP contribution in [0.3, 0.4) is 0 Å². The number of carbonyl (C=O) groups excluding carboxylic acids is 1. The Morgan fingerprint density at radius 1 is 1.32 bits per heavy atom. The second kappa shape index (κ2) is 5.69. The van der Waals surface area contributed by atoms with Gasteiger partial charge in [0.1, 0.15) is 5.69 Å². The van der Waals surface area contributed by atoms with E-state index in [4.69, 9.17) is 5.73 Å². The Balaban J connectivity index is 2.30. The van der Waals surface area contributed by atoms with Gasteiger partial charge < -0.3 is 10.6 Å². The van der Waals surface area contributed by atoms with Crippen molar-refractivity contribution in [1.29, 1.82) is 0 Å². The van der Waals surface area contributed by atoms with Crippen molar-refractivity contribution in [3.63, 3.8) is 0 Å². The van der Waals surface area contributed by atoms with Gasteiger partial charge in [-0.1, -0.05) is 31.5 Å². The van der Waals surface area contributed by atoms with Crippen molar-refractivity contribution < 1.29 is 4.79 Å². The number of para-hydroxylation sites is 1. The Labute approximate surface area is 113 Å². The Bertz CT molecular complexity index is 595. The minimum absolute atomic E-state index is 0.0568. The molecule has 1 aromatic carbocycles. The van der Waals surface area contributed by atoms with E-state index in [0.29, 0.717) is 16.9 Å². The summed E-state index contributed by atoms with van der Waals surface area (Å²) in [5.41, 5.74) is 7.63. The van der Waals surface area contributed by atoms with Crippen LogP contribution >= 0.6 is 0 Å². The summed E-state index contributed by atoms with van der Waals surface area (Å²) in [7, 11) is 1.80. The Morgan fingerprint density at radius 2 is 2.11 bits per heavy atom. The predicted molar refractivity (Wildman–Crippen MR) is 78.0 cm³/mol. The highest BCUT2D eigenvalue weighted by Crippen LogP contribution is 2.19. The maximum absolute atomic E-state index is 12.2. The first-order chi connectivity index (χ1) is 9.13. The van der Waals surface area contributed by atoms with Crippen molar-refractivity contribution >= 4 is 22.5 Å². The molecule has 0 bridgehead atoms. The Hall–Kier alpha value is -2.10. The van der Waals surface area contributed by atoms with Crippen LogP contribution in [0.5, 0.6) is 0 Å². The van der Waals surface area contributed by atoms with E-state index < -0.39 is 0 Å². The van der Waals surface area contributed by atoms with Crippen molar-refractivity contribution in [2.75, 3.05) is 19.3 Å². The molecule has 2 N–H and O–H groups in total. The van der Waals surface area contributed by atoms with E-state index in [9.17, 15) is 4.79 Å². The molecule has 1 amide bonds. The summed E-state index contributed by atoms with van der Waals surface area (Å²) in [5.74, 6) is -0.0568. The van der Waals surface area contributed by atoms with Crippen molar-refractivity contribution in [2.24, 2.45) is 0 Å². The third-order valence-corrected chi connectivity index (χ3v) is 3.16. The summed E-state index contributed by atoms with van der Waals surface area (Å²) in [6.45, 7) is 2.85. The molecule has 4 nitrogen and oxygen atoms in total. The lowest BCUT2D eigenvalue weighted by molar-refractivity contribution is 0.0788. The van der Waals surface area contributed by atoms with E-state index in [-0.39, 0.29) is 5.91 Å². The van der Waals surface area contributed by atoms with Gasteiger partial charge in [-0.3, -0.25) is 4.79 Å². The number of anilines is 1. The van der Waals surface area contributed by atoms with Gasteiger partial charge >= 0.3 is 0 Å². The molecule has 0 aliphatic heterocycles. The van der Waals surface area contributed by atoms with E-state index in [1.807, 2.05) is 18.2 Å². The number of hydrogen-bond acceptors (Lipinski definition) is 3. The van der Waals surface area contributed by atoms with Crippen LogP contribution in [0.1, 0.15) is 30.3 Å². The number of amides is 1. The molecule has 2 aromatic rings. The molecule has 0 saturated heterocycles. The average molecular weight is 257 g/mol. The topological polar surface area (TPSA) is 59.2 Å². The summed E-state index contributed by atoms with van der Waals surface area (Å²) in [5, 5.41) is 0.952. The van der Waals surface area contributed by atoms with E-state index in [1.165, 1.54) is 0 Å². The molecule has 2 rings (SSSR count). The summed E-state index contributed by atoms with van der Waals surface area (Å²) >= 11 is 0. The van der Waals surface area contributed by atoms with Crippen LogP contribution in [0.15, 0.2) is 30.3 Å². The summed E-state index contributed by atoms with van der Waals surface area (Å²) in [6, 6.07) is 9.26. The molecule has 19 heavy (non-hydrogen) atoms. The van der Waals surface area contributed by atoms with E-state index in [1.54, 1.807) is 24.1 Å². The average Bonchev–Trinajstić information content (AvgIpc) is 2.44. The summed E-state index contributed by atoms with van der Waals surface area (Å²) < 4.78 is 0. The molecule has 0 atom stereocenters. The third-order valence-electron chi connectivity index (χ3n) is 3.16. The normalized spacial score (nSPS) is 10.6. The van der Waals surface area contributed by atoms with Gasteiger partial charge in [0, 0.05) is 19.0 Å². The van der Waals surface area contributed by atoms with Gasteiger partial charge in [-0.25, -0.2) is 4.98 Å². The van der Waals surface area contributed by atoms with Gasteiger partial charge in [0.15, 0.2) is 0 Å². The smallest absolute Gasteiger partial charge is 0.272 e. The predicted octanol–water partition coefficient (Wildman–Crippen LogP) is 2.69. The van der Waals surface area contributed by atoms with Gasteiger partial charge in [0.05, 0.1) is 11.2 Å². The van der Waals surface area contributed by atoms with Crippen LogP contribution in [0, 0.1) is 0 Å². The molecule has 1 heterocycles. The fourth-order valence-corrected chi connectivity index (χ4v) is 1.98. The minimum Gasteiger partial charge on any atom is -0.397 e. The fourth-order valence-electron chi connectivity index (χ4n) is 1.98. The monoisotopic (exact) mass is 257 g/mol. The van der Waals surface area contributed by atoms with Gasteiger partial charge in [-0.2, -0.15) is 0 Å². The molecule has 1 aromatic heterocycles. The number of rotatable bonds is 4. The Morgan fingerprint density at radius 3 is 2.84 bits per heavy atom. The SMILES string of the molecule is CCCCN(C)C(=O)c1ccc2cccc(N)c2n1. The molecule has 0 radical (unpaired) electrons. The van der Waals surface area contributed by atoms with Crippen LogP contribution in [0.25, 0.3) is 10.9 Å². The highest BCUT2D eigenvalue weighted by Gasteiger charge is 2.13. The molecule has 0 aliphatic rings. The van der Waals surface area contributed by atoms with E-state index >= 15 is 0 Å². The molecule has 0 spiro atoms. The van der Waals surface area contributed by atoms with Crippen molar-refractivity contribution in [2.45, 2.75) is 19.8 Å². The first kappa shape index (κ1) is 13.3. The van der Waals surface area contributed by atoms with Gasteiger partial charge in [-0.05, 0) is 18.6 Å². The highest BCUT2D eigenvalue weighted by molar-refractivity contribution is 5.97. The first-order valence-electron chi connectivity index (χ1n) is 6.54. The number of unbranched alkanes of at least 4 members (excludes halogenated alkanes) is 1. The van der Waals surface area contributed by atoms with Gasteiger partial charge in [0.25, 0.3) is 5.91 Å². The Kier molecular flexibility index (Phi) is 4.00. The van der Waals surface area contributed by atoms with Crippen LogP contribution in [-0.2, 0) is 0 Å². The highest BCUT2D eigenvalue weighted by atomic mass is 16.2. The summed E-state index contributed by atoms with van der Waals surface area (Å²) in [6.07, 6.45) is 2.06. The minimum atomic E-state index is -0.0568. The van der Waals surface area contributed by atoms with Gasteiger partial charge in [0.2, 0.25) is 0 Å². The van der Waals surface area contributed by atoms with Crippen LogP contribution in [0.2, 0.25) is 0 Å². The zero-order chi connectivity index (χ0) is 13.8. The van der Waals surface area contributed by atoms with Crippen molar-refractivity contribution in [1.82, 2.24) is 9.88 Å². The number of nitrogen functional groups attached to an aromatic ring is 1. The second-order valence-corrected chi connectivity index (χ2v) is 4.70. The zero-order valence-electron chi connectivity index (χ0n) is 11.4. The fraction of sp³-hybridized carbons (Fsp3) is 0.333. The van der Waals surface area contributed by atoms with Crippen molar-refractivity contribution in [3.05, 3.63) is 36.0 Å². The molecule has 0 fully saturated rings. The summed E-state index contributed by atoms with van der Waals surface area (Å²) in [4.78, 5) is 18.3. The van der Waals surface area contributed by atoms with Gasteiger partial charge in [-0.15, -0.1) is 0 Å². The lowest BCUT2D eigenvalue weighted by atomic mass is 10.1. The maximum atomic E-state index is 12.2. The van der Waals surface area contributed by atoms with E-state index in [2.05, 4.69) is 11.9 Å². The third kappa shape index (κ3) is 2.84. The largest absolute Gasteiger partial charge is 0.397 e. The van der Waals surface area contributed by atoms with Crippen LogP contribution < -0.4 is 5.73 Å². The number of aromatic nitrogens is 1. The van der Waals surface area contributed by atoms with Crippen LogP contribution in [0.4, 0.5) is 5.69 Å². The maximum Gasteiger partial charge on any atom is 0.272 e. The lowest BCUT2D eigenvalue weighted by Crippen LogP contribution is -2.28. The zero-order valence-corrected chi connectivity index (χ0v) is 11.4. The number of nitrogens with zero attached hydrogens (tertiary/aromatic N) is 2. The lowest BCUT2D eigenvalue weighted by Gasteiger charge is -2.16. The molecular weight excluding hydrogens is 238 g/mol. The standard InChI is InChI=1S/C15H19N3O/c1-3-4-10-18(2)15(19)13-9-8-11-6-5-7-12(16)14(11)17-13/h5-9H,3-4,10,16H2,1-2H3. The molecular formula is C15H19N3O. The number of nitrogens with two attached hydrogens (primary N) is 1. The number of fused-ring (bicyclic) bond motifs is 1. The molecule has 4 heteroatoms. The second-order valence-electron chi connectivity index (χ2n) is 4.70. The van der Waals surface area contributed by atoms with Crippen LogP contribution in [-0.4, -0.2) is 29.4 Å². The molecule has 0 unspecified atom stereocenters. The number of carbonyl (C=O) groups is 1. The number of hydrogen-bond donors (Lipinski definition) is 1. The van der Waals surface area contributed by atoms with E-state index in [0.717, 1.165) is 24.8 Å². The molecule has 0 saturated carbocycles. The quantitative estimate of drug-likeness (QED) is 0.857.